The minimum absolute atomic E-state index is 0.106. The number of pyridine rings is 1. The van der Waals surface area contributed by atoms with E-state index in [1.165, 1.54) is 30.1 Å². The summed E-state index contributed by atoms with van der Waals surface area (Å²) >= 11 is 1.21. The van der Waals surface area contributed by atoms with Crippen molar-refractivity contribution in [3.05, 3.63) is 82.1 Å². The van der Waals surface area contributed by atoms with E-state index in [0.717, 1.165) is 24.1 Å². The summed E-state index contributed by atoms with van der Waals surface area (Å²) in [4.78, 5) is 68.9. The molecule has 4 amide bonds. The molecule has 0 saturated heterocycles. The largest absolute Gasteiger partial charge is 0.491 e. The SMILES string of the molecule is CCn1nc(C)c2c1C(=O)N=C1Sc3cc(C(N)=O)cnc3N1C/C=C/Cn1c(nc3cc(C(N)=O)cc(OCCCO)c31)NC(=O)c1cc(C)nn1CCCCC2. The van der Waals surface area contributed by atoms with E-state index in [-0.39, 0.29) is 43.4 Å². The highest BCUT2D eigenvalue weighted by atomic mass is 32.2. The summed E-state index contributed by atoms with van der Waals surface area (Å²) in [5.41, 5.74) is 15.5. The zero-order valence-electron chi connectivity index (χ0n) is 32.4. The number of primary amides is 2. The number of nitrogens with one attached hydrogen (secondary N) is 1. The maximum atomic E-state index is 14.2. The normalized spacial score (nSPS) is 15.7. The van der Waals surface area contributed by atoms with Crippen molar-refractivity contribution in [2.45, 2.75) is 77.4 Å². The van der Waals surface area contributed by atoms with E-state index >= 15 is 0 Å². The van der Waals surface area contributed by atoms with Crippen molar-refractivity contribution in [1.29, 1.82) is 0 Å². The maximum absolute atomic E-state index is 14.2. The number of nitrogens with zero attached hydrogens (tertiary/aromatic N) is 9. The molecule has 0 spiro atoms. The molecule has 0 unspecified atom stereocenters. The number of thioether (sulfide) groups is 1. The highest BCUT2D eigenvalue weighted by Crippen LogP contribution is 2.40. The van der Waals surface area contributed by atoms with E-state index in [0.29, 0.717) is 82.1 Å². The number of amides is 4. The van der Waals surface area contributed by atoms with Crippen LogP contribution >= 0.6 is 11.8 Å². The predicted molar refractivity (Wildman–Crippen MR) is 217 cm³/mol. The van der Waals surface area contributed by atoms with Crippen molar-refractivity contribution < 1.29 is 29.0 Å². The van der Waals surface area contributed by atoms with Gasteiger partial charge >= 0.3 is 0 Å². The van der Waals surface area contributed by atoms with Gasteiger partial charge in [0.1, 0.15) is 28.5 Å². The topological polar surface area (TPSA) is 244 Å². The molecular weight excluding hydrogens is 765 g/mol. The third kappa shape index (κ3) is 8.08. The number of aromatic nitrogens is 7. The first-order valence-electron chi connectivity index (χ1n) is 19.0. The van der Waals surface area contributed by atoms with E-state index in [2.05, 4.69) is 25.5 Å². The van der Waals surface area contributed by atoms with Gasteiger partial charge in [-0.25, -0.2) is 9.97 Å². The molecule has 4 aromatic heterocycles. The van der Waals surface area contributed by atoms with E-state index in [4.69, 9.17) is 21.2 Å². The van der Waals surface area contributed by atoms with Crippen LogP contribution in [-0.4, -0.2) is 87.8 Å². The van der Waals surface area contributed by atoms with Gasteiger partial charge in [0.25, 0.3) is 11.8 Å². The molecule has 6 heterocycles. The van der Waals surface area contributed by atoms with Crippen molar-refractivity contribution in [1.82, 2.24) is 34.1 Å². The average molecular weight is 809 g/mol. The molecule has 0 aliphatic carbocycles. The van der Waals surface area contributed by atoms with Crippen molar-refractivity contribution in [3.8, 4) is 5.75 Å². The predicted octanol–water partition coefficient (Wildman–Crippen LogP) is 3.76. The maximum Gasteiger partial charge on any atom is 0.297 e. The summed E-state index contributed by atoms with van der Waals surface area (Å²) in [6, 6.07) is 6.40. The fraction of sp³-hybridized carbons (Fsp3) is 0.359. The molecule has 0 fully saturated rings. The van der Waals surface area contributed by atoms with Gasteiger partial charge in [-0.1, -0.05) is 18.6 Å². The summed E-state index contributed by atoms with van der Waals surface area (Å²) in [7, 11) is 0. The first kappa shape index (κ1) is 39.9. The lowest BCUT2D eigenvalue weighted by molar-refractivity contribution is 0.0985. The fourth-order valence-electron chi connectivity index (χ4n) is 7.03. The molecule has 19 heteroatoms. The molecule has 58 heavy (non-hydrogen) atoms. The summed E-state index contributed by atoms with van der Waals surface area (Å²) < 4.78 is 11.2. The third-order valence-corrected chi connectivity index (χ3v) is 10.8. The van der Waals surface area contributed by atoms with Crippen LogP contribution in [0.15, 0.2) is 52.5 Å². The molecule has 1 aromatic carbocycles. The molecule has 5 aromatic rings. The van der Waals surface area contributed by atoms with Crippen LogP contribution in [0.2, 0.25) is 0 Å². The Morgan fingerprint density at radius 1 is 1.00 bits per heavy atom. The number of aliphatic hydroxyl groups excluding tert-OH is 1. The van der Waals surface area contributed by atoms with Gasteiger partial charge in [-0.3, -0.25) is 33.9 Å². The third-order valence-electron chi connectivity index (χ3n) is 9.81. The van der Waals surface area contributed by atoms with Gasteiger partial charge in [-0.05, 0) is 76.1 Å². The number of nitrogens with two attached hydrogens (primary N) is 2. The van der Waals surface area contributed by atoms with Crippen LogP contribution < -0.4 is 26.4 Å². The summed E-state index contributed by atoms with van der Waals surface area (Å²) in [6.45, 7) is 7.02. The van der Waals surface area contributed by atoms with Crippen LogP contribution in [0, 0.1) is 13.8 Å². The monoisotopic (exact) mass is 808 g/mol. The smallest absolute Gasteiger partial charge is 0.297 e. The van der Waals surface area contributed by atoms with Crippen LogP contribution in [0.1, 0.15) is 91.3 Å². The second-order valence-electron chi connectivity index (χ2n) is 13.9. The molecule has 7 rings (SSSR count). The molecule has 18 nitrogen and oxygen atoms in total. The fourth-order valence-corrected chi connectivity index (χ4v) is 8.07. The summed E-state index contributed by atoms with van der Waals surface area (Å²) in [5, 5.41) is 22.0. The molecular formula is C39H44N12O6S. The molecule has 0 saturated carbocycles. The summed E-state index contributed by atoms with van der Waals surface area (Å²) in [5.74, 6) is -1.21. The van der Waals surface area contributed by atoms with Crippen LogP contribution in [0.5, 0.6) is 5.75 Å². The van der Waals surface area contributed by atoms with E-state index in [1.807, 2.05) is 32.9 Å². The molecule has 0 radical (unpaired) electrons. The van der Waals surface area contributed by atoms with Gasteiger partial charge in [0.2, 0.25) is 17.8 Å². The second-order valence-corrected chi connectivity index (χ2v) is 14.9. The molecule has 0 bridgehead atoms. The quantitative estimate of drug-likeness (QED) is 0.136. The Kier molecular flexibility index (Phi) is 11.7. The van der Waals surface area contributed by atoms with Crippen molar-refractivity contribution in [2.75, 3.05) is 30.0 Å². The molecule has 0 atom stereocenters. The van der Waals surface area contributed by atoms with Gasteiger partial charge in [-0.15, -0.1) is 0 Å². The first-order valence-corrected chi connectivity index (χ1v) is 19.8. The number of ether oxygens (including phenoxy) is 1. The number of imidazole rings is 1. The number of aliphatic hydroxyl groups is 1. The number of hydrogen-bond donors (Lipinski definition) is 4. The lowest BCUT2D eigenvalue weighted by Crippen LogP contribution is -2.27. The highest BCUT2D eigenvalue weighted by molar-refractivity contribution is 8.14. The highest BCUT2D eigenvalue weighted by Gasteiger charge is 2.31. The zero-order chi connectivity index (χ0) is 41.1. The van der Waals surface area contributed by atoms with Gasteiger partial charge in [0, 0.05) is 56.5 Å². The number of aliphatic imine (C=N–C) groups is 1. The Labute approximate surface area is 337 Å². The van der Waals surface area contributed by atoms with Crippen LogP contribution in [-0.2, 0) is 26.1 Å². The van der Waals surface area contributed by atoms with Gasteiger partial charge < -0.3 is 30.8 Å². The number of carbonyl (C=O) groups excluding carboxylic acids is 4. The molecule has 6 N–H and O–H groups in total. The summed E-state index contributed by atoms with van der Waals surface area (Å²) in [6.07, 6.45) is 8.29. The van der Waals surface area contributed by atoms with Crippen molar-refractivity contribution in [3.63, 3.8) is 0 Å². The number of anilines is 2. The Bertz CT molecular complexity index is 2500. The minimum Gasteiger partial charge on any atom is -0.491 e. The van der Waals surface area contributed by atoms with E-state index < -0.39 is 23.6 Å². The number of allylic oxidation sites excluding steroid dienone is 1. The van der Waals surface area contributed by atoms with Crippen molar-refractivity contribution >= 4 is 63.4 Å². The zero-order valence-corrected chi connectivity index (χ0v) is 33.2. The van der Waals surface area contributed by atoms with E-state index in [1.54, 1.807) is 31.0 Å². The second kappa shape index (κ2) is 17.0. The molecule has 2 aliphatic rings. The Morgan fingerprint density at radius 2 is 1.79 bits per heavy atom. The number of hydrogen-bond acceptors (Lipinski definition) is 12. The molecule has 2 aliphatic heterocycles. The Balaban J connectivity index is 1.33. The molecule has 302 valence electrons. The minimum atomic E-state index is -0.685. The van der Waals surface area contributed by atoms with E-state index in [9.17, 15) is 24.3 Å². The number of benzene rings is 1. The van der Waals surface area contributed by atoms with Gasteiger partial charge in [0.15, 0.2) is 5.17 Å². The van der Waals surface area contributed by atoms with Crippen LogP contribution in [0.25, 0.3) is 11.0 Å². The number of carbonyl (C=O) groups is 4. The standard InChI is InChI=1S/C39H44N12O6S/c1-4-50-31-26(23(3)47-50)11-6-5-7-14-51-28(17-22(2)46-51)36(55)44-38-43-27-18-24(33(40)53)19-29(57-16-10-15-52)32(27)48(38)12-8-9-13-49-35-30(58-39(49)45-37(31)56)20-25(21-42-35)34(41)54/h8-9,17-21,52H,4-7,10-16H2,1-3H3,(H2,40,53)(H2,41,54)(H,43,44,55)/b9-8+,45-39?. The lowest BCUT2D eigenvalue weighted by atomic mass is 10.0. The van der Waals surface area contributed by atoms with Crippen LogP contribution in [0.3, 0.4) is 0 Å². The lowest BCUT2D eigenvalue weighted by Gasteiger charge is -2.16. The number of amidine groups is 1. The first-order chi connectivity index (χ1) is 28.0. The van der Waals surface area contributed by atoms with Gasteiger partial charge in [-0.2, -0.15) is 15.2 Å². The number of aryl methyl sites for hydroxylation is 4. The average Bonchev–Trinajstić information content (AvgIpc) is 3.93. The van der Waals surface area contributed by atoms with Gasteiger partial charge in [0.05, 0.1) is 34.0 Å². The van der Waals surface area contributed by atoms with Crippen molar-refractivity contribution in [2.24, 2.45) is 16.5 Å². The van der Waals surface area contributed by atoms with Crippen LogP contribution in [0.4, 0.5) is 11.8 Å². The Morgan fingerprint density at radius 3 is 2.55 bits per heavy atom. The Hall–Kier alpha value is -6.34. The number of rotatable bonds is 7. The number of fused-ring (bicyclic) bond motifs is 8.